The number of carbonyl (C=O) groups excluding carboxylic acids is 2. The van der Waals surface area contributed by atoms with Crippen LogP contribution in [0.3, 0.4) is 0 Å². The molecule has 1 atom stereocenters. The van der Waals surface area contributed by atoms with Gasteiger partial charge in [-0.1, -0.05) is 48.5 Å². The summed E-state index contributed by atoms with van der Waals surface area (Å²) in [6.45, 7) is 2.00. The van der Waals surface area contributed by atoms with E-state index in [1.807, 2.05) is 54.6 Å². The molecule has 148 valence electrons. The Morgan fingerprint density at radius 1 is 1.03 bits per heavy atom. The highest BCUT2D eigenvalue weighted by atomic mass is 16.5. The molecule has 0 radical (unpaired) electrons. The van der Waals surface area contributed by atoms with Crippen molar-refractivity contribution in [1.82, 2.24) is 10.3 Å². The number of aryl methyl sites for hydroxylation is 1. The molecule has 1 amide bonds. The lowest BCUT2D eigenvalue weighted by molar-refractivity contribution is -0.129. The van der Waals surface area contributed by atoms with Gasteiger partial charge in [-0.05, 0) is 49.8 Å². The number of benzene rings is 2. The molecular formula is C24H24N2O3. The molecule has 29 heavy (non-hydrogen) atoms. The molecule has 1 heterocycles. The van der Waals surface area contributed by atoms with Crippen LogP contribution in [0.2, 0.25) is 0 Å². The number of fused-ring (bicyclic) bond motifs is 2. The third kappa shape index (κ3) is 4.14. The first kappa shape index (κ1) is 19.1. The second-order valence-electron chi connectivity index (χ2n) is 7.39. The Labute approximate surface area is 170 Å². The van der Waals surface area contributed by atoms with Gasteiger partial charge in [0, 0.05) is 17.6 Å². The van der Waals surface area contributed by atoms with Crippen molar-refractivity contribution in [3.63, 3.8) is 0 Å². The Balaban J connectivity index is 1.53. The van der Waals surface area contributed by atoms with Gasteiger partial charge in [0.15, 0.2) is 6.10 Å². The molecule has 0 fully saturated rings. The second kappa shape index (κ2) is 8.43. The zero-order valence-electron chi connectivity index (χ0n) is 16.5. The van der Waals surface area contributed by atoms with Crippen LogP contribution < -0.4 is 5.32 Å². The highest BCUT2D eigenvalue weighted by molar-refractivity contribution is 6.05. The Morgan fingerprint density at radius 2 is 1.76 bits per heavy atom. The Bertz CT molecular complexity index is 1050. The van der Waals surface area contributed by atoms with Crippen molar-refractivity contribution in [3.8, 4) is 0 Å². The molecule has 0 aliphatic heterocycles. The largest absolute Gasteiger partial charge is 0.449 e. The molecule has 4 rings (SSSR count). The van der Waals surface area contributed by atoms with Gasteiger partial charge in [-0.15, -0.1) is 0 Å². The summed E-state index contributed by atoms with van der Waals surface area (Å²) in [5, 5.41) is 3.61. The van der Waals surface area contributed by atoms with E-state index in [1.54, 1.807) is 6.92 Å². The number of para-hydroxylation sites is 1. The minimum Gasteiger partial charge on any atom is -0.449 e. The van der Waals surface area contributed by atoms with Crippen molar-refractivity contribution >= 4 is 22.8 Å². The van der Waals surface area contributed by atoms with Crippen LogP contribution in [-0.2, 0) is 28.9 Å². The van der Waals surface area contributed by atoms with Gasteiger partial charge < -0.3 is 10.1 Å². The summed E-state index contributed by atoms with van der Waals surface area (Å²) in [7, 11) is 0. The zero-order chi connectivity index (χ0) is 20.2. The number of pyridine rings is 1. The molecule has 0 saturated heterocycles. The summed E-state index contributed by atoms with van der Waals surface area (Å²) >= 11 is 0. The van der Waals surface area contributed by atoms with Crippen molar-refractivity contribution in [2.45, 2.75) is 45.3 Å². The Morgan fingerprint density at radius 3 is 2.59 bits per heavy atom. The molecule has 1 aliphatic carbocycles. The van der Waals surface area contributed by atoms with Gasteiger partial charge in [-0.3, -0.25) is 9.78 Å². The van der Waals surface area contributed by atoms with Gasteiger partial charge in [-0.2, -0.15) is 0 Å². The number of rotatable bonds is 5. The normalized spacial score (nSPS) is 14.1. The summed E-state index contributed by atoms with van der Waals surface area (Å²) in [5.41, 5.74) is 4.29. The SMILES string of the molecule is C[C@@H](OC(=O)c1c2c(nc3ccccc13)CCCC2)C(=O)NCc1ccccc1. The molecular weight excluding hydrogens is 364 g/mol. The number of aromatic nitrogens is 1. The first-order chi connectivity index (χ1) is 14.1. The minimum atomic E-state index is -0.877. The Hall–Kier alpha value is -3.21. The van der Waals surface area contributed by atoms with Crippen LogP contribution in [0.15, 0.2) is 54.6 Å². The zero-order valence-corrected chi connectivity index (χ0v) is 16.5. The van der Waals surface area contributed by atoms with Gasteiger partial charge in [0.1, 0.15) is 0 Å². The van der Waals surface area contributed by atoms with E-state index in [0.717, 1.165) is 53.4 Å². The molecule has 0 spiro atoms. The maximum absolute atomic E-state index is 13.1. The fraction of sp³-hybridized carbons (Fsp3) is 0.292. The second-order valence-corrected chi connectivity index (χ2v) is 7.39. The molecule has 2 aromatic carbocycles. The summed E-state index contributed by atoms with van der Waals surface area (Å²) < 4.78 is 5.58. The molecule has 5 heteroatoms. The molecule has 1 aromatic heterocycles. The van der Waals surface area contributed by atoms with E-state index in [1.165, 1.54) is 0 Å². The third-order valence-electron chi connectivity index (χ3n) is 5.34. The molecule has 5 nitrogen and oxygen atoms in total. The quantitative estimate of drug-likeness (QED) is 0.672. The average Bonchev–Trinajstić information content (AvgIpc) is 2.76. The van der Waals surface area contributed by atoms with Gasteiger partial charge in [0.05, 0.1) is 11.1 Å². The summed E-state index contributed by atoms with van der Waals surface area (Å²) in [4.78, 5) is 30.3. The number of ether oxygens (including phenoxy) is 1. The predicted molar refractivity (Wildman–Crippen MR) is 112 cm³/mol. The molecule has 3 aromatic rings. The van der Waals surface area contributed by atoms with Crippen LogP contribution in [0.4, 0.5) is 0 Å². The number of esters is 1. The van der Waals surface area contributed by atoms with Crippen molar-refractivity contribution in [2.24, 2.45) is 0 Å². The minimum absolute atomic E-state index is 0.311. The number of hydrogen-bond acceptors (Lipinski definition) is 4. The van der Waals surface area contributed by atoms with E-state index >= 15 is 0 Å². The standard InChI is InChI=1S/C24H24N2O3/c1-16(23(27)25-15-17-9-3-2-4-10-17)29-24(28)22-18-11-5-7-13-20(18)26-21-14-8-6-12-19(21)22/h2-5,7,9-11,13,16H,6,8,12,14-15H2,1H3,(H,25,27)/t16-/m1/s1. The maximum Gasteiger partial charge on any atom is 0.339 e. The summed E-state index contributed by atoms with van der Waals surface area (Å²) in [5.74, 6) is -0.765. The van der Waals surface area contributed by atoms with Gasteiger partial charge in [-0.25, -0.2) is 4.79 Å². The smallest absolute Gasteiger partial charge is 0.339 e. The van der Waals surface area contributed by atoms with Crippen molar-refractivity contribution in [3.05, 3.63) is 77.0 Å². The fourth-order valence-corrected chi connectivity index (χ4v) is 3.81. The van der Waals surface area contributed by atoms with Crippen LogP contribution >= 0.6 is 0 Å². The lowest BCUT2D eigenvalue weighted by Crippen LogP contribution is -2.35. The number of carbonyl (C=O) groups is 2. The van der Waals surface area contributed by atoms with E-state index in [9.17, 15) is 9.59 Å². The highest BCUT2D eigenvalue weighted by Crippen LogP contribution is 2.30. The monoisotopic (exact) mass is 388 g/mol. The van der Waals surface area contributed by atoms with E-state index in [4.69, 9.17) is 9.72 Å². The van der Waals surface area contributed by atoms with Gasteiger partial charge in [0.2, 0.25) is 0 Å². The van der Waals surface area contributed by atoms with Crippen molar-refractivity contribution < 1.29 is 14.3 Å². The highest BCUT2D eigenvalue weighted by Gasteiger charge is 2.26. The number of nitrogens with one attached hydrogen (secondary N) is 1. The molecule has 0 bridgehead atoms. The maximum atomic E-state index is 13.1. The lowest BCUT2D eigenvalue weighted by atomic mass is 9.90. The predicted octanol–water partition coefficient (Wildman–Crippen LogP) is 3.98. The molecule has 0 saturated carbocycles. The first-order valence-electron chi connectivity index (χ1n) is 10.1. The molecule has 1 aliphatic rings. The summed E-state index contributed by atoms with van der Waals surface area (Å²) in [6.07, 6.45) is 2.91. The van der Waals surface area contributed by atoms with Gasteiger partial charge in [0.25, 0.3) is 5.91 Å². The molecule has 0 unspecified atom stereocenters. The van der Waals surface area contributed by atoms with Crippen LogP contribution in [0.5, 0.6) is 0 Å². The number of amides is 1. The molecule has 1 N–H and O–H groups in total. The Kier molecular flexibility index (Phi) is 5.56. The van der Waals surface area contributed by atoms with E-state index < -0.39 is 12.1 Å². The number of hydrogen-bond donors (Lipinski definition) is 1. The van der Waals surface area contributed by atoms with Crippen LogP contribution in [0.25, 0.3) is 10.9 Å². The van der Waals surface area contributed by atoms with E-state index in [0.29, 0.717) is 12.1 Å². The van der Waals surface area contributed by atoms with Crippen molar-refractivity contribution in [1.29, 1.82) is 0 Å². The van der Waals surface area contributed by atoms with E-state index in [2.05, 4.69) is 5.32 Å². The van der Waals surface area contributed by atoms with Crippen LogP contribution in [0.1, 0.15) is 46.9 Å². The van der Waals surface area contributed by atoms with Crippen LogP contribution in [-0.4, -0.2) is 23.0 Å². The number of nitrogens with zero attached hydrogens (tertiary/aromatic N) is 1. The van der Waals surface area contributed by atoms with Gasteiger partial charge >= 0.3 is 5.97 Å². The first-order valence-corrected chi connectivity index (χ1v) is 10.1. The van der Waals surface area contributed by atoms with E-state index in [-0.39, 0.29) is 5.91 Å². The van der Waals surface area contributed by atoms with Crippen LogP contribution in [0, 0.1) is 0 Å². The third-order valence-corrected chi connectivity index (χ3v) is 5.34. The average molecular weight is 388 g/mol. The van der Waals surface area contributed by atoms with Crippen molar-refractivity contribution in [2.75, 3.05) is 0 Å². The summed E-state index contributed by atoms with van der Waals surface area (Å²) in [6, 6.07) is 17.3. The topological polar surface area (TPSA) is 68.3 Å². The lowest BCUT2D eigenvalue weighted by Gasteiger charge is -2.21. The fourth-order valence-electron chi connectivity index (χ4n) is 3.81.